The SMILES string of the molecule is CCC/C=C/CCc1ccccc1N. The van der Waals surface area contributed by atoms with Crippen molar-refractivity contribution in [3.05, 3.63) is 42.0 Å². The summed E-state index contributed by atoms with van der Waals surface area (Å²) >= 11 is 0. The van der Waals surface area contributed by atoms with Gasteiger partial charge in [0.1, 0.15) is 0 Å². The van der Waals surface area contributed by atoms with Crippen molar-refractivity contribution in [2.75, 3.05) is 5.73 Å². The maximum atomic E-state index is 5.84. The molecule has 1 heteroatoms. The summed E-state index contributed by atoms with van der Waals surface area (Å²) in [6, 6.07) is 8.08. The molecular weight excluding hydrogens is 170 g/mol. The van der Waals surface area contributed by atoms with Crippen LogP contribution in [0.2, 0.25) is 0 Å². The minimum atomic E-state index is 0.913. The molecule has 0 aliphatic rings. The lowest BCUT2D eigenvalue weighted by molar-refractivity contribution is 0.937. The Kier molecular flexibility index (Phi) is 4.84. The van der Waals surface area contributed by atoms with Crippen LogP contribution < -0.4 is 5.73 Å². The van der Waals surface area contributed by atoms with Crippen LogP contribution in [-0.2, 0) is 6.42 Å². The zero-order valence-electron chi connectivity index (χ0n) is 8.87. The highest BCUT2D eigenvalue weighted by molar-refractivity contribution is 5.46. The van der Waals surface area contributed by atoms with Gasteiger partial charge in [0, 0.05) is 5.69 Å². The smallest absolute Gasteiger partial charge is 0.0346 e. The molecule has 0 saturated heterocycles. The highest BCUT2D eigenvalue weighted by atomic mass is 14.6. The van der Waals surface area contributed by atoms with Gasteiger partial charge in [0.05, 0.1) is 0 Å². The van der Waals surface area contributed by atoms with Crippen molar-refractivity contribution in [1.82, 2.24) is 0 Å². The summed E-state index contributed by atoms with van der Waals surface area (Å²) in [5.74, 6) is 0. The molecule has 0 heterocycles. The summed E-state index contributed by atoms with van der Waals surface area (Å²) in [4.78, 5) is 0. The van der Waals surface area contributed by atoms with E-state index in [1.165, 1.54) is 18.4 Å². The lowest BCUT2D eigenvalue weighted by atomic mass is 10.1. The molecule has 0 radical (unpaired) electrons. The number of benzene rings is 1. The first-order chi connectivity index (χ1) is 6.84. The number of allylic oxidation sites excluding steroid dienone is 2. The number of hydrogen-bond donors (Lipinski definition) is 1. The summed E-state index contributed by atoms with van der Waals surface area (Å²) in [6.45, 7) is 2.19. The highest BCUT2D eigenvalue weighted by Gasteiger charge is 1.94. The molecule has 0 amide bonds. The molecule has 0 saturated carbocycles. The Morgan fingerprint density at radius 1 is 1.14 bits per heavy atom. The number of aryl methyl sites for hydroxylation is 1. The Morgan fingerprint density at radius 2 is 1.86 bits per heavy atom. The van der Waals surface area contributed by atoms with Gasteiger partial charge in [-0.1, -0.05) is 43.7 Å². The van der Waals surface area contributed by atoms with Gasteiger partial charge in [0.2, 0.25) is 0 Å². The van der Waals surface area contributed by atoms with E-state index >= 15 is 0 Å². The molecule has 76 valence electrons. The molecule has 0 aromatic heterocycles. The standard InChI is InChI=1S/C13H19N/c1-2-3-4-5-6-9-12-10-7-8-11-13(12)14/h4-5,7-8,10-11H,2-3,6,9,14H2,1H3/b5-4+. The van der Waals surface area contributed by atoms with Crippen LogP contribution in [0.3, 0.4) is 0 Å². The fourth-order valence-corrected chi connectivity index (χ4v) is 1.40. The Hall–Kier alpha value is -1.24. The fraction of sp³-hybridized carbons (Fsp3) is 0.385. The van der Waals surface area contributed by atoms with E-state index in [-0.39, 0.29) is 0 Å². The van der Waals surface area contributed by atoms with E-state index in [9.17, 15) is 0 Å². The van der Waals surface area contributed by atoms with Gasteiger partial charge in [-0.25, -0.2) is 0 Å². The van der Waals surface area contributed by atoms with Gasteiger partial charge < -0.3 is 5.73 Å². The third-order valence-electron chi connectivity index (χ3n) is 2.26. The first-order valence-corrected chi connectivity index (χ1v) is 5.33. The molecule has 0 atom stereocenters. The van der Waals surface area contributed by atoms with Gasteiger partial charge in [0.15, 0.2) is 0 Å². The predicted molar refractivity (Wildman–Crippen MR) is 63.2 cm³/mol. The Bertz CT molecular complexity index is 289. The van der Waals surface area contributed by atoms with E-state index in [0.717, 1.165) is 18.5 Å². The third-order valence-corrected chi connectivity index (χ3v) is 2.26. The average Bonchev–Trinajstić information content (AvgIpc) is 2.20. The van der Waals surface area contributed by atoms with Gasteiger partial charge >= 0.3 is 0 Å². The molecule has 0 bridgehead atoms. The van der Waals surface area contributed by atoms with E-state index in [4.69, 9.17) is 5.73 Å². The zero-order chi connectivity index (χ0) is 10.2. The second-order valence-electron chi connectivity index (χ2n) is 3.50. The molecule has 1 nitrogen and oxygen atoms in total. The minimum Gasteiger partial charge on any atom is -0.399 e. The molecule has 14 heavy (non-hydrogen) atoms. The summed E-state index contributed by atoms with van der Waals surface area (Å²) in [6.07, 6.45) is 9.05. The van der Waals surface area contributed by atoms with E-state index in [1.54, 1.807) is 0 Å². The topological polar surface area (TPSA) is 26.0 Å². The molecule has 1 aromatic rings. The number of nitrogen functional groups attached to an aromatic ring is 1. The van der Waals surface area contributed by atoms with Crippen molar-refractivity contribution in [3.63, 3.8) is 0 Å². The number of rotatable bonds is 5. The van der Waals surface area contributed by atoms with Gasteiger partial charge in [-0.3, -0.25) is 0 Å². The summed E-state index contributed by atoms with van der Waals surface area (Å²) < 4.78 is 0. The molecule has 2 N–H and O–H groups in total. The molecule has 0 spiro atoms. The van der Waals surface area contributed by atoms with E-state index < -0.39 is 0 Å². The number of anilines is 1. The molecule has 0 aliphatic heterocycles. The van der Waals surface area contributed by atoms with Crippen molar-refractivity contribution in [3.8, 4) is 0 Å². The summed E-state index contributed by atoms with van der Waals surface area (Å²) in [7, 11) is 0. The summed E-state index contributed by atoms with van der Waals surface area (Å²) in [5.41, 5.74) is 8.01. The van der Waals surface area contributed by atoms with Gasteiger partial charge in [-0.2, -0.15) is 0 Å². The molecular formula is C13H19N. The van der Waals surface area contributed by atoms with Crippen molar-refractivity contribution in [2.45, 2.75) is 32.6 Å². The Labute approximate surface area is 86.6 Å². The number of nitrogens with two attached hydrogens (primary N) is 1. The van der Waals surface area contributed by atoms with E-state index in [0.29, 0.717) is 0 Å². The second kappa shape index (κ2) is 6.25. The first-order valence-electron chi connectivity index (χ1n) is 5.33. The lowest BCUT2D eigenvalue weighted by Crippen LogP contribution is -1.92. The van der Waals surface area contributed by atoms with Crippen LogP contribution in [0.15, 0.2) is 36.4 Å². The maximum Gasteiger partial charge on any atom is 0.0346 e. The number of hydrogen-bond acceptors (Lipinski definition) is 1. The van der Waals surface area contributed by atoms with Gasteiger partial charge in [-0.15, -0.1) is 0 Å². The minimum absolute atomic E-state index is 0.913. The molecule has 0 fully saturated rings. The number of unbranched alkanes of at least 4 members (excludes halogenated alkanes) is 1. The van der Waals surface area contributed by atoms with E-state index in [1.807, 2.05) is 18.2 Å². The second-order valence-corrected chi connectivity index (χ2v) is 3.50. The van der Waals surface area contributed by atoms with Crippen LogP contribution in [0.5, 0.6) is 0 Å². The zero-order valence-corrected chi connectivity index (χ0v) is 8.87. The third kappa shape index (κ3) is 3.65. The largest absolute Gasteiger partial charge is 0.399 e. The Balaban J connectivity index is 2.35. The van der Waals surface area contributed by atoms with Crippen LogP contribution in [0.4, 0.5) is 5.69 Å². The average molecular weight is 189 g/mol. The van der Waals surface area contributed by atoms with Crippen LogP contribution in [0, 0.1) is 0 Å². The van der Waals surface area contributed by atoms with E-state index in [2.05, 4.69) is 25.1 Å². The monoisotopic (exact) mass is 189 g/mol. The predicted octanol–water partition coefficient (Wildman–Crippen LogP) is 3.56. The molecule has 0 aliphatic carbocycles. The Morgan fingerprint density at radius 3 is 2.57 bits per heavy atom. The normalized spacial score (nSPS) is 10.9. The van der Waals surface area contributed by atoms with Crippen LogP contribution in [0.25, 0.3) is 0 Å². The molecule has 1 rings (SSSR count). The first kappa shape index (κ1) is 10.8. The van der Waals surface area contributed by atoms with Gasteiger partial charge in [-0.05, 0) is 30.9 Å². The van der Waals surface area contributed by atoms with Crippen LogP contribution >= 0.6 is 0 Å². The molecule has 0 unspecified atom stereocenters. The van der Waals surface area contributed by atoms with Crippen molar-refractivity contribution in [2.24, 2.45) is 0 Å². The van der Waals surface area contributed by atoms with Gasteiger partial charge in [0.25, 0.3) is 0 Å². The molecule has 1 aromatic carbocycles. The fourth-order valence-electron chi connectivity index (χ4n) is 1.40. The summed E-state index contributed by atoms with van der Waals surface area (Å²) in [5, 5.41) is 0. The van der Waals surface area contributed by atoms with Crippen LogP contribution in [-0.4, -0.2) is 0 Å². The van der Waals surface area contributed by atoms with Crippen molar-refractivity contribution in [1.29, 1.82) is 0 Å². The van der Waals surface area contributed by atoms with Crippen LogP contribution in [0.1, 0.15) is 31.7 Å². The lowest BCUT2D eigenvalue weighted by Gasteiger charge is -2.02. The number of para-hydroxylation sites is 1. The quantitative estimate of drug-likeness (QED) is 0.556. The highest BCUT2D eigenvalue weighted by Crippen LogP contribution is 2.12. The van der Waals surface area contributed by atoms with Crippen molar-refractivity contribution >= 4 is 5.69 Å². The maximum absolute atomic E-state index is 5.84. The van der Waals surface area contributed by atoms with Crippen molar-refractivity contribution < 1.29 is 0 Å².